The summed E-state index contributed by atoms with van der Waals surface area (Å²) in [6.07, 6.45) is 2.26. The third-order valence-corrected chi connectivity index (χ3v) is 4.32. The predicted octanol–water partition coefficient (Wildman–Crippen LogP) is 1.25. The van der Waals surface area contributed by atoms with Gasteiger partial charge in [0.05, 0.1) is 5.25 Å². The van der Waals surface area contributed by atoms with Crippen molar-refractivity contribution in [3.05, 3.63) is 0 Å². The maximum Gasteiger partial charge on any atom is 0.267 e. The summed E-state index contributed by atoms with van der Waals surface area (Å²) in [5, 5.41) is 10.5. The highest BCUT2D eigenvalue weighted by molar-refractivity contribution is 7.95. The molecule has 0 aromatic rings. The van der Waals surface area contributed by atoms with E-state index in [9.17, 15) is 8.42 Å². The fourth-order valence-corrected chi connectivity index (χ4v) is 3.32. The molecular formula is C6H12O6S2. The van der Waals surface area contributed by atoms with Gasteiger partial charge >= 0.3 is 0 Å². The Morgan fingerprint density at radius 2 is 2.07 bits per heavy atom. The van der Waals surface area contributed by atoms with Crippen molar-refractivity contribution in [3.63, 3.8) is 0 Å². The van der Waals surface area contributed by atoms with E-state index in [2.05, 4.69) is 9.37 Å². The van der Waals surface area contributed by atoms with Crippen molar-refractivity contribution in [2.24, 2.45) is 0 Å². The van der Waals surface area contributed by atoms with Gasteiger partial charge in [-0.1, -0.05) is 11.5 Å². The number of hydrogen-bond donors (Lipinski definition) is 2. The normalized spacial score (nSPS) is 29.0. The molecule has 0 spiro atoms. The van der Waals surface area contributed by atoms with E-state index in [1.807, 2.05) is 0 Å². The first-order valence-electron chi connectivity index (χ1n) is 4.14. The molecule has 2 N–H and O–H groups in total. The van der Waals surface area contributed by atoms with Gasteiger partial charge in [-0.25, -0.2) is 5.26 Å². The van der Waals surface area contributed by atoms with Crippen LogP contribution in [0.5, 0.6) is 0 Å². The lowest BCUT2D eigenvalue weighted by atomic mass is 10.00. The molecule has 1 aliphatic rings. The molecule has 0 aromatic carbocycles. The molecule has 0 amide bonds. The summed E-state index contributed by atoms with van der Waals surface area (Å²) < 4.78 is 34.7. The van der Waals surface area contributed by atoms with Crippen LogP contribution in [0, 0.1) is 0 Å². The van der Waals surface area contributed by atoms with Crippen LogP contribution in [0.25, 0.3) is 0 Å². The molecule has 0 heterocycles. The van der Waals surface area contributed by atoms with E-state index in [1.165, 1.54) is 0 Å². The zero-order valence-electron chi connectivity index (χ0n) is 7.33. The summed E-state index contributed by atoms with van der Waals surface area (Å²) >= 11 is 0.869. The first-order chi connectivity index (χ1) is 6.54. The van der Waals surface area contributed by atoms with Crippen LogP contribution in [0.2, 0.25) is 0 Å². The quantitative estimate of drug-likeness (QED) is 0.333. The zero-order chi connectivity index (χ0) is 10.6. The van der Waals surface area contributed by atoms with Crippen molar-refractivity contribution < 1.29 is 27.6 Å². The van der Waals surface area contributed by atoms with Gasteiger partial charge in [0.15, 0.2) is 0 Å². The van der Waals surface area contributed by atoms with Gasteiger partial charge in [0.25, 0.3) is 10.1 Å². The molecule has 1 fully saturated rings. The molecule has 1 saturated carbocycles. The fraction of sp³-hybridized carbons (Fsp3) is 1.00. The minimum Gasteiger partial charge on any atom is -0.285 e. The molecule has 14 heavy (non-hydrogen) atoms. The van der Waals surface area contributed by atoms with Gasteiger partial charge in [-0.15, -0.1) is 4.33 Å². The highest BCUT2D eigenvalue weighted by Crippen LogP contribution is 2.31. The lowest BCUT2D eigenvalue weighted by molar-refractivity contribution is -0.432. The van der Waals surface area contributed by atoms with E-state index in [0.717, 1.165) is 18.5 Å². The van der Waals surface area contributed by atoms with Crippen molar-refractivity contribution in [2.45, 2.75) is 36.2 Å². The third kappa shape index (κ3) is 3.71. The van der Waals surface area contributed by atoms with E-state index >= 15 is 0 Å². The molecule has 0 radical (unpaired) electrons. The van der Waals surface area contributed by atoms with E-state index in [0.29, 0.717) is 19.3 Å². The summed E-state index contributed by atoms with van der Waals surface area (Å²) in [4.78, 5) is 0. The molecule has 2 unspecified atom stereocenters. The topological polar surface area (TPSA) is 93.1 Å². The van der Waals surface area contributed by atoms with Crippen molar-refractivity contribution in [1.29, 1.82) is 0 Å². The summed E-state index contributed by atoms with van der Waals surface area (Å²) in [5.74, 6) is 0. The van der Waals surface area contributed by atoms with Gasteiger partial charge in [-0.3, -0.25) is 4.55 Å². The second-order valence-corrected chi connectivity index (χ2v) is 5.86. The predicted molar refractivity (Wildman–Crippen MR) is 50.0 cm³/mol. The highest BCUT2D eigenvalue weighted by Gasteiger charge is 2.31. The van der Waals surface area contributed by atoms with E-state index in [-0.39, 0.29) is 5.25 Å². The maximum atomic E-state index is 10.8. The first kappa shape index (κ1) is 12.2. The summed E-state index contributed by atoms with van der Waals surface area (Å²) in [6.45, 7) is 0. The summed E-state index contributed by atoms with van der Waals surface area (Å²) in [5.41, 5.74) is 0. The van der Waals surface area contributed by atoms with Gasteiger partial charge in [-0.05, 0) is 19.3 Å². The van der Waals surface area contributed by atoms with Crippen molar-refractivity contribution in [3.8, 4) is 0 Å². The molecular weight excluding hydrogens is 232 g/mol. The number of rotatable bonds is 4. The molecule has 0 aromatic heterocycles. The first-order valence-corrected chi connectivity index (χ1v) is 6.44. The van der Waals surface area contributed by atoms with E-state index in [4.69, 9.17) is 9.81 Å². The summed E-state index contributed by atoms with van der Waals surface area (Å²) in [6, 6.07) is 0. The number of hydrogen-bond acceptors (Lipinski definition) is 6. The molecule has 0 saturated heterocycles. The lowest BCUT2D eigenvalue weighted by Crippen LogP contribution is -2.29. The van der Waals surface area contributed by atoms with Gasteiger partial charge < -0.3 is 0 Å². The minimum absolute atomic E-state index is 0.0807. The second kappa shape index (κ2) is 5.29. The van der Waals surface area contributed by atoms with Gasteiger partial charge in [0.1, 0.15) is 0 Å². The van der Waals surface area contributed by atoms with E-state index in [1.54, 1.807) is 0 Å². The standard InChI is InChI=1S/C6H12O6S2/c7-11-12-13-5-2-1-3-6(4-5)14(8,9)10/h5-7H,1-4H2,(H,8,9,10). The Bertz CT molecular complexity index is 263. The molecule has 6 nitrogen and oxygen atoms in total. The van der Waals surface area contributed by atoms with Crippen LogP contribution in [0.15, 0.2) is 0 Å². The zero-order valence-corrected chi connectivity index (χ0v) is 8.96. The largest absolute Gasteiger partial charge is 0.285 e. The molecule has 0 aliphatic heterocycles. The van der Waals surface area contributed by atoms with Crippen LogP contribution in [0.3, 0.4) is 0 Å². The lowest BCUT2D eigenvalue weighted by Gasteiger charge is -2.24. The Labute approximate surface area is 86.4 Å². The third-order valence-electron chi connectivity index (χ3n) is 2.21. The highest BCUT2D eigenvalue weighted by atomic mass is 32.2. The molecule has 84 valence electrons. The molecule has 8 heteroatoms. The van der Waals surface area contributed by atoms with Gasteiger partial charge in [-0.2, -0.15) is 8.42 Å². The average molecular weight is 244 g/mol. The van der Waals surface area contributed by atoms with Crippen LogP contribution < -0.4 is 0 Å². The van der Waals surface area contributed by atoms with Crippen LogP contribution >= 0.6 is 12.0 Å². The Kier molecular flexibility index (Phi) is 4.61. The SMILES string of the molecule is O=S(=O)(O)C1CCCC(SOOO)C1. The fourth-order valence-electron chi connectivity index (χ4n) is 1.53. The molecule has 1 aliphatic carbocycles. The Hall–Kier alpha value is 0.140. The van der Waals surface area contributed by atoms with Crippen LogP contribution in [-0.4, -0.2) is 28.7 Å². The van der Waals surface area contributed by atoms with Crippen LogP contribution in [-0.2, 0) is 19.5 Å². The smallest absolute Gasteiger partial charge is 0.267 e. The Morgan fingerprint density at radius 3 is 2.64 bits per heavy atom. The van der Waals surface area contributed by atoms with Crippen molar-refractivity contribution in [1.82, 2.24) is 0 Å². The monoisotopic (exact) mass is 244 g/mol. The minimum atomic E-state index is -3.96. The van der Waals surface area contributed by atoms with Gasteiger partial charge in [0, 0.05) is 17.3 Å². The molecule has 2 atom stereocenters. The summed E-state index contributed by atoms with van der Waals surface area (Å²) in [7, 11) is -3.96. The van der Waals surface area contributed by atoms with Gasteiger partial charge in [0.2, 0.25) is 0 Å². The van der Waals surface area contributed by atoms with E-state index < -0.39 is 15.4 Å². The Balaban J connectivity index is 2.44. The van der Waals surface area contributed by atoms with Crippen LogP contribution in [0.4, 0.5) is 0 Å². The molecule has 1 rings (SSSR count). The van der Waals surface area contributed by atoms with Crippen LogP contribution in [0.1, 0.15) is 25.7 Å². The van der Waals surface area contributed by atoms with Crippen molar-refractivity contribution in [2.75, 3.05) is 0 Å². The average Bonchev–Trinajstić information content (AvgIpc) is 2.14. The second-order valence-electron chi connectivity index (χ2n) is 3.16. The Morgan fingerprint density at radius 1 is 1.36 bits per heavy atom. The maximum absolute atomic E-state index is 10.8. The molecule has 0 bridgehead atoms. The van der Waals surface area contributed by atoms with Crippen molar-refractivity contribution >= 4 is 22.2 Å².